The summed E-state index contributed by atoms with van der Waals surface area (Å²) in [5.74, 6) is -0.171. The van der Waals surface area contributed by atoms with E-state index in [2.05, 4.69) is 18.9 Å². The van der Waals surface area contributed by atoms with E-state index in [4.69, 9.17) is 9.84 Å². The standard InChI is InChI=1S/C14H24N2O3/c1-10(2)5-7-19-8-6-16-12(4)13(9-14(17)18)11(3)15-16/h10H,5-9H2,1-4H3,(H,17,18). The van der Waals surface area contributed by atoms with Crippen LogP contribution in [0.4, 0.5) is 0 Å². The molecule has 0 bridgehead atoms. The molecule has 19 heavy (non-hydrogen) atoms. The van der Waals surface area contributed by atoms with Gasteiger partial charge in [-0.2, -0.15) is 5.10 Å². The van der Waals surface area contributed by atoms with Gasteiger partial charge in [0.25, 0.3) is 0 Å². The SMILES string of the molecule is Cc1nn(CCOCCC(C)C)c(C)c1CC(=O)O. The van der Waals surface area contributed by atoms with Crippen molar-refractivity contribution in [2.24, 2.45) is 5.92 Å². The van der Waals surface area contributed by atoms with E-state index in [1.54, 1.807) is 0 Å². The van der Waals surface area contributed by atoms with Crippen molar-refractivity contribution >= 4 is 5.97 Å². The lowest BCUT2D eigenvalue weighted by Gasteiger charge is -2.08. The van der Waals surface area contributed by atoms with Crippen LogP contribution in [0.1, 0.15) is 37.2 Å². The number of ether oxygens (including phenoxy) is 1. The van der Waals surface area contributed by atoms with Gasteiger partial charge in [-0.25, -0.2) is 0 Å². The van der Waals surface area contributed by atoms with Gasteiger partial charge >= 0.3 is 5.97 Å². The molecular formula is C14H24N2O3. The Morgan fingerprint density at radius 1 is 1.37 bits per heavy atom. The number of hydrogen-bond donors (Lipinski definition) is 1. The number of aryl methyl sites for hydroxylation is 1. The molecule has 0 saturated heterocycles. The molecule has 1 rings (SSSR count). The molecule has 0 radical (unpaired) electrons. The van der Waals surface area contributed by atoms with Gasteiger partial charge < -0.3 is 9.84 Å². The fraction of sp³-hybridized carbons (Fsp3) is 0.714. The molecule has 1 N–H and O–H groups in total. The smallest absolute Gasteiger partial charge is 0.307 e. The average Bonchev–Trinajstić information content (AvgIpc) is 2.56. The average molecular weight is 268 g/mol. The fourth-order valence-electron chi connectivity index (χ4n) is 1.93. The first-order valence-electron chi connectivity index (χ1n) is 6.74. The van der Waals surface area contributed by atoms with Crippen molar-refractivity contribution in [1.29, 1.82) is 0 Å². The lowest BCUT2D eigenvalue weighted by molar-refractivity contribution is -0.136. The Balaban J connectivity index is 2.48. The largest absolute Gasteiger partial charge is 0.481 e. The minimum Gasteiger partial charge on any atom is -0.481 e. The summed E-state index contributed by atoms with van der Waals surface area (Å²) >= 11 is 0. The van der Waals surface area contributed by atoms with Crippen molar-refractivity contribution in [1.82, 2.24) is 9.78 Å². The lowest BCUT2D eigenvalue weighted by atomic mass is 10.1. The number of aliphatic carboxylic acids is 1. The van der Waals surface area contributed by atoms with Gasteiger partial charge in [-0.1, -0.05) is 13.8 Å². The predicted octanol–water partition coefficient (Wildman–Crippen LogP) is 2.19. The molecule has 0 saturated carbocycles. The molecule has 1 aromatic rings. The van der Waals surface area contributed by atoms with Crippen molar-refractivity contribution in [2.75, 3.05) is 13.2 Å². The highest BCUT2D eigenvalue weighted by atomic mass is 16.5. The van der Waals surface area contributed by atoms with E-state index < -0.39 is 5.97 Å². The maximum atomic E-state index is 10.8. The second-order valence-electron chi connectivity index (χ2n) is 5.24. The Labute approximate surface area is 114 Å². The Kier molecular flexibility index (Phi) is 6.02. The first kappa shape index (κ1) is 15.7. The minimum absolute atomic E-state index is 0.0336. The summed E-state index contributed by atoms with van der Waals surface area (Å²) in [6, 6.07) is 0. The van der Waals surface area contributed by atoms with E-state index in [1.807, 2.05) is 18.5 Å². The summed E-state index contributed by atoms with van der Waals surface area (Å²) in [4.78, 5) is 10.8. The Morgan fingerprint density at radius 3 is 2.63 bits per heavy atom. The summed E-state index contributed by atoms with van der Waals surface area (Å²) < 4.78 is 7.39. The van der Waals surface area contributed by atoms with Crippen LogP contribution in [-0.2, 0) is 22.5 Å². The Bertz CT molecular complexity index is 425. The molecule has 108 valence electrons. The highest BCUT2D eigenvalue weighted by Gasteiger charge is 2.13. The summed E-state index contributed by atoms with van der Waals surface area (Å²) in [6.45, 7) is 10.1. The quantitative estimate of drug-likeness (QED) is 0.734. The van der Waals surface area contributed by atoms with Crippen LogP contribution < -0.4 is 0 Å². The molecule has 0 spiro atoms. The second-order valence-corrected chi connectivity index (χ2v) is 5.24. The third-order valence-electron chi connectivity index (χ3n) is 3.15. The maximum Gasteiger partial charge on any atom is 0.307 e. The van der Waals surface area contributed by atoms with E-state index in [-0.39, 0.29) is 6.42 Å². The van der Waals surface area contributed by atoms with Crippen LogP contribution in [0.2, 0.25) is 0 Å². The van der Waals surface area contributed by atoms with Gasteiger partial charge in [0.2, 0.25) is 0 Å². The number of carboxylic acid groups (broad SMARTS) is 1. The minimum atomic E-state index is -0.820. The zero-order valence-electron chi connectivity index (χ0n) is 12.3. The van der Waals surface area contributed by atoms with Gasteiger partial charge in [0, 0.05) is 17.9 Å². The third kappa shape index (κ3) is 5.03. The number of aromatic nitrogens is 2. The van der Waals surface area contributed by atoms with E-state index in [0.29, 0.717) is 19.1 Å². The first-order valence-corrected chi connectivity index (χ1v) is 6.74. The van der Waals surface area contributed by atoms with Gasteiger partial charge in [-0.05, 0) is 26.2 Å². The molecule has 1 aromatic heterocycles. The summed E-state index contributed by atoms with van der Waals surface area (Å²) in [7, 11) is 0. The van der Waals surface area contributed by atoms with E-state index in [9.17, 15) is 4.79 Å². The fourth-order valence-corrected chi connectivity index (χ4v) is 1.93. The second kappa shape index (κ2) is 7.28. The van der Waals surface area contributed by atoms with Crippen molar-refractivity contribution in [3.05, 3.63) is 17.0 Å². The van der Waals surface area contributed by atoms with Crippen LogP contribution in [0.3, 0.4) is 0 Å². The summed E-state index contributed by atoms with van der Waals surface area (Å²) in [6.07, 6.45) is 1.09. The molecule has 0 aliphatic heterocycles. The molecule has 5 nitrogen and oxygen atoms in total. The summed E-state index contributed by atoms with van der Waals surface area (Å²) in [5, 5.41) is 13.2. The lowest BCUT2D eigenvalue weighted by Crippen LogP contribution is -2.11. The van der Waals surface area contributed by atoms with E-state index in [0.717, 1.165) is 30.0 Å². The molecular weight excluding hydrogens is 244 g/mol. The Morgan fingerprint density at radius 2 is 2.05 bits per heavy atom. The van der Waals surface area contributed by atoms with Crippen LogP contribution in [0.25, 0.3) is 0 Å². The number of carbonyl (C=O) groups is 1. The molecule has 0 amide bonds. The number of hydrogen-bond acceptors (Lipinski definition) is 3. The van der Waals surface area contributed by atoms with Gasteiger partial charge in [-0.15, -0.1) is 0 Å². The number of nitrogens with zero attached hydrogens (tertiary/aromatic N) is 2. The van der Waals surface area contributed by atoms with Crippen LogP contribution in [-0.4, -0.2) is 34.1 Å². The van der Waals surface area contributed by atoms with Crippen molar-refractivity contribution < 1.29 is 14.6 Å². The molecule has 0 unspecified atom stereocenters. The Hall–Kier alpha value is -1.36. The van der Waals surface area contributed by atoms with Gasteiger partial charge in [0.1, 0.15) is 0 Å². The van der Waals surface area contributed by atoms with Crippen molar-refractivity contribution in [2.45, 2.75) is 47.1 Å². The van der Waals surface area contributed by atoms with Crippen LogP contribution in [0, 0.1) is 19.8 Å². The molecule has 1 heterocycles. The normalized spacial score (nSPS) is 11.2. The van der Waals surface area contributed by atoms with Crippen LogP contribution in [0.15, 0.2) is 0 Å². The van der Waals surface area contributed by atoms with Crippen LogP contribution >= 0.6 is 0 Å². The molecule has 0 fully saturated rings. The monoisotopic (exact) mass is 268 g/mol. The molecule has 0 aliphatic rings. The van der Waals surface area contributed by atoms with Crippen molar-refractivity contribution in [3.8, 4) is 0 Å². The van der Waals surface area contributed by atoms with E-state index in [1.165, 1.54) is 0 Å². The number of rotatable bonds is 8. The number of carboxylic acids is 1. The molecule has 5 heteroatoms. The zero-order valence-corrected chi connectivity index (χ0v) is 12.3. The maximum absolute atomic E-state index is 10.8. The highest BCUT2D eigenvalue weighted by molar-refractivity contribution is 5.70. The van der Waals surface area contributed by atoms with Gasteiger partial charge in [0.15, 0.2) is 0 Å². The van der Waals surface area contributed by atoms with Crippen molar-refractivity contribution in [3.63, 3.8) is 0 Å². The topological polar surface area (TPSA) is 64.4 Å². The summed E-state index contributed by atoms with van der Waals surface area (Å²) in [5.41, 5.74) is 2.53. The molecule has 0 aliphatic carbocycles. The zero-order chi connectivity index (χ0) is 14.4. The van der Waals surface area contributed by atoms with Crippen LogP contribution in [0.5, 0.6) is 0 Å². The van der Waals surface area contributed by atoms with Gasteiger partial charge in [-0.3, -0.25) is 9.48 Å². The predicted molar refractivity (Wildman–Crippen MR) is 73.3 cm³/mol. The van der Waals surface area contributed by atoms with E-state index >= 15 is 0 Å². The third-order valence-corrected chi connectivity index (χ3v) is 3.15. The first-order chi connectivity index (χ1) is 8.91. The molecule has 0 aromatic carbocycles. The highest BCUT2D eigenvalue weighted by Crippen LogP contribution is 2.13. The van der Waals surface area contributed by atoms with Gasteiger partial charge in [0.05, 0.1) is 25.3 Å². The molecule has 0 atom stereocenters.